The Hall–Kier alpha value is -1.26. The number of carbonyl (C=O) groups excluding carboxylic acids is 1. The highest BCUT2D eigenvalue weighted by atomic mass is 35.5. The monoisotopic (exact) mass is 272 g/mol. The number of rotatable bonds is 5. The lowest BCUT2D eigenvalue weighted by Crippen LogP contribution is -2.39. The van der Waals surface area contributed by atoms with E-state index in [0.29, 0.717) is 13.2 Å². The van der Waals surface area contributed by atoms with Gasteiger partial charge >= 0.3 is 0 Å². The van der Waals surface area contributed by atoms with Gasteiger partial charge in [-0.05, 0) is 31.5 Å². The summed E-state index contributed by atoms with van der Waals surface area (Å²) in [4.78, 5) is 13.2. The highest BCUT2D eigenvalue weighted by molar-refractivity contribution is 5.85. The molecule has 1 aromatic carbocycles. The average molecular weight is 273 g/mol. The molecule has 1 atom stereocenters. The van der Waals surface area contributed by atoms with Gasteiger partial charge < -0.3 is 15.4 Å². The SMILES string of the molecule is CCOc1ccc(CN(C)C(=O)[C@@H](C)N)cc1.Cl. The summed E-state index contributed by atoms with van der Waals surface area (Å²) in [5, 5.41) is 0. The number of nitrogens with zero attached hydrogens (tertiary/aromatic N) is 1. The molecule has 0 heterocycles. The molecule has 0 bridgehead atoms. The van der Waals surface area contributed by atoms with Crippen molar-refractivity contribution in [3.63, 3.8) is 0 Å². The maximum atomic E-state index is 11.6. The van der Waals surface area contributed by atoms with Crippen LogP contribution in [-0.2, 0) is 11.3 Å². The van der Waals surface area contributed by atoms with Crippen LogP contribution >= 0.6 is 12.4 Å². The van der Waals surface area contributed by atoms with Crippen molar-refractivity contribution in [2.75, 3.05) is 13.7 Å². The van der Waals surface area contributed by atoms with Gasteiger partial charge in [0.05, 0.1) is 12.6 Å². The van der Waals surface area contributed by atoms with E-state index in [9.17, 15) is 4.79 Å². The Morgan fingerprint density at radius 1 is 1.39 bits per heavy atom. The van der Waals surface area contributed by atoms with Crippen LogP contribution in [0.2, 0.25) is 0 Å². The summed E-state index contributed by atoms with van der Waals surface area (Å²) in [6, 6.07) is 7.26. The first-order valence-corrected chi connectivity index (χ1v) is 5.77. The molecule has 0 saturated carbocycles. The highest BCUT2D eigenvalue weighted by Crippen LogP contribution is 2.13. The third kappa shape index (κ3) is 4.94. The molecule has 1 aromatic rings. The van der Waals surface area contributed by atoms with Gasteiger partial charge in [0.1, 0.15) is 5.75 Å². The van der Waals surface area contributed by atoms with Crippen LogP contribution < -0.4 is 10.5 Å². The Bertz CT molecular complexity index is 366. The molecule has 0 aromatic heterocycles. The second kappa shape index (κ2) is 7.95. The van der Waals surface area contributed by atoms with Gasteiger partial charge in [0, 0.05) is 13.6 Å². The minimum atomic E-state index is -0.456. The number of likely N-dealkylation sites (N-methyl/N-ethyl adjacent to an activating group) is 1. The molecule has 0 aliphatic rings. The summed E-state index contributed by atoms with van der Waals surface area (Å²) in [5.74, 6) is 0.788. The van der Waals surface area contributed by atoms with Crippen LogP contribution in [0.5, 0.6) is 5.75 Å². The molecule has 0 unspecified atom stereocenters. The van der Waals surface area contributed by atoms with Crippen molar-refractivity contribution in [1.82, 2.24) is 4.90 Å². The Morgan fingerprint density at radius 2 is 1.94 bits per heavy atom. The number of halogens is 1. The fraction of sp³-hybridized carbons (Fsp3) is 0.462. The Labute approximate surface area is 115 Å². The maximum Gasteiger partial charge on any atom is 0.239 e. The van der Waals surface area contributed by atoms with Crippen LogP contribution in [0, 0.1) is 0 Å². The van der Waals surface area contributed by atoms with Gasteiger partial charge in [-0.25, -0.2) is 0 Å². The van der Waals surface area contributed by atoms with Crippen molar-refractivity contribution in [2.45, 2.75) is 26.4 Å². The fourth-order valence-corrected chi connectivity index (χ4v) is 1.56. The topological polar surface area (TPSA) is 55.6 Å². The first-order chi connectivity index (χ1) is 8.04. The Balaban J connectivity index is 0.00000289. The lowest BCUT2D eigenvalue weighted by Gasteiger charge is -2.19. The number of amides is 1. The van der Waals surface area contributed by atoms with Crippen LogP contribution in [0.15, 0.2) is 24.3 Å². The fourth-order valence-electron chi connectivity index (χ4n) is 1.56. The minimum Gasteiger partial charge on any atom is -0.494 e. The number of benzene rings is 1. The van der Waals surface area contributed by atoms with Crippen LogP contribution in [-0.4, -0.2) is 30.5 Å². The average Bonchev–Trinajstić information content (AvgIpc) is 2.30. The number of nitrogens with two attached hydrogens (primary N) is 1. The lowest BCUT2D eigenvalue weighted by atomic mass is 10.2. The largest absolute Gasteiger partial charge is 0.494 e. The molecule has 5 heteroatoms. The minimum absolute atomic E-state index is 0. The first kappa shape index (κ1) is 16.7. The van der Waals surface area contributed by atoms with Crippen molar-refractivity contribution < 1.29 is 9.53 Å². The first-order valence-electron chi connectivity index (χ1n) is 5.77. The van der Waals surface area contributed by atoms with Crippen molar-refractivity contribution in [2.24, 2.45) is 5.73 Å². The van der Waals surface area contributed by atoms with E-state index < -0.39 is 6.04 Å². The molecule has 1 amide bonds. The summed E-state index contributed by atoms with van der Waals surface area (Å²) in [6.07, 6.45) is 0. The van der Waals surface area contributed by atoms with Crippen molar-refractivity contribution in [1.29, 1.82) is 0 Å². The molecule has 2 N–H and O–H groups in total. The number of hydrogen-bond acceptors (Lipinski definition) is 3. The van der Waals surface area contributed by atoms with Gasteiger partial charge in [0.15, 0.2) is 0 Å². The normalized spacial score (nSPS) is 11.3. The van der Waals surface area contributed by atoms with Gasteiger partial charge in [-0.15, -0.1) is 12.4 Å². The Morgan fingerprint density at radius 3 is 2.39 bits per heavy atom. The molecule has 0 spiro atoms. The van der Waals surface area contributed by atoms with Crippen molar-refractivity contribution >= 4 is 18.3 Å². The zero-order valence-electron chi connectivity index (χ0n) is 11.1. The summed E-state index contributed by atoms with van der Waals surface area (Å²) in [5.41, 5.74) is 6.60. The molecule has 4 nitrogen and oxygen atoms in total. The van der Waals surface area contributed by atoms with E-state index in [0.717, 1.165) is 11.3 Å². The molecule has 1 rings (SSSR count). The zero-order valence-corrected chi connectivity index (χ0v) is 11.9. The number of carbonyl (C=O) groups is 1. The van der Waals surface area contributed by atoms with E-state index in [-0.39, 0.29) is 18.3 Å². The van der Waals surface area contributed by atoms with E-state index >= 15 is 0 Å². The van der Waals surface area contributed by atoms with Gasteiger partial charge in [0.25, 0.3) is 0 Å². The van der Waals surface area contributed by atoms with E-state index in [1.165, 1.54) is 0 Å². The van der Waals surface area contributed by atoms with E-state index in [1.807, 2.05) is 31.2 Å². The quantitative estimate of drug-likeness (QED) is 0.889. The second-order valence-electron chi connectivity index (χ2n) is 4.06. The molecule has 102 valence electrons. The van der Waals surface area contributed by atoms with E-state index in [4.69, 9.17) is 10.5 Å². The molecule has 18 heavy (non-hydrogen) atoms. The summed E-state index contributed by atoms with van der Waals surface area (Å²) in [7, 11) is 1.75. The van der Waals surface area contributed by atoms with Gasteiger partial charge in [-0.3, -0.25) is 4.79 Å². The summed E-state index contributed by atoms with van der Waals surface area (Å²) < 4.78 is 5.35. The summed E-state index contributed by atoms with van der Waals surface area (Å²) >= 11 is 0. The van der Waals surface area contributed by atoms with Crippen molar-refractivity contribution in [3.8, 4) is 5.75 Å². The van der Waals surface area contributed by atoms with Crippen LogP contribution in [0.1, 0.15) is 19.4 Å². The van der Waals surface area contributed by atoms with Crippen LogP contribution in [0.3, 0.4) is 0 Å². The molecule has 0 aliphatic carbocycles. The zero-order chi connectivity index (χ0) is 12.8. The van der Waals surface area contributed by atoms with Gasteiger partial charge in [0.2, 0.25) is 5.91 Å². The molecule has 0 radical (unpaired) electrons. The molecular formula is C13H21ClN2O2. The standard InChI is InChI=1S/C13H20N2O2.ClH/c1-4-17-12-7-5-11(6-8-12)9-15(3)13(16)10(2)14;/h5-8,10H,4,9,14H2,1-3H3;1H/t10-;/m1./s1. The number of ether oxygens (including phenoxy) is 1. The predicted octanol–water partition coefficient (Wildman–Crippen LogP) is 1.81. The van der Waals surface area contributed by atoms with Crippen LogP contribution in [0.25, 0.3) is 0 Å². The third-order valence-electron chi connectivity index (χ3n) is 2.42. The molecule has 0 saturated heterocycles. The predicted molar refractivity (Wildman–Crippen MR) is 75.0 cm³/mol. The smallest absolute Gasteiger partial charge is 0.239 e. The van der Waals surface area contributed by atoms with Crippen LogP contribution in [0.4, 0.5) is 0 Å². The van der Waals surface area contributed by atoms with Gasteiger partial charge in [-0.1, -0.05) is 12.1 Å². The molecule has 0 fully saturated rings. The highest BCUT2D eigenvalue weighted by Gasteiger charge is 2.13. The van der Waals surface area contributed by atoms with E-state index in [2.05, 4.69) is 0 Å². The molecule has 0 aliphatic heterocycles. The molecular weight excluding hydrogens is 252 g/mol. The third-order valence-corrected chi connectivity index (χ3v) is 2.42. The maximum absolute atomic E-state index is 11.6. The summed E-state index contributed by atoms with van der Waals surface area (Å²) in [6.45, 7) is 4.86. The number of hydrogen-bond donors (Lipinski definition) is 1. The second-order valence-corrected chi connectivity index (χ2v) is 4.06. The Kier molecular flexibility index (Phi) is 7.39. The van der Waals surface area contributed by atoms with Crippen molar-refractivity contribution in [3.05, 3.63) is 29.8 Å². The lowest BCUT2D eigenvalue weighted by molar-refractivity contribution is -0.131. The van der Waals surface area contributed by atoms with Gasteiger partial charge in [-0.2, -0.15) is 0 Å². The van der Waals surface area contributed by atoms with E-state index in [1.54, 1.807) is 18.9 Å².